The van der Waals surface area contributed by atoms with E-state index in [0.29, 0.717) is 30.4 Å². The summed E-state index contributed by atoms with van der Waals surface area (Å²) in [6, 6.07) is 17.0. The number of rotatable bonds is 9. The van der Waals surface area contributed by atoms with E-state index in [-0.39, 0.29) is 5.57 Å². The van der Waals surface area contributed by atoms with E-state index in [1.165, 1.54) is 11.6 Å². The minimum absolute atomic E-state index is 0.122. The molecule has 1 amide bonds. The Morgan fingerprint density at radius 3 is 2.44 bits per heavy atom. The lowest BCUT2D eigenvalue weighted by Gasteiger charge is -2.12. The van der Waals surface area contributed by atoms with Gasteiger partial charge in [0.15, 0.2) is 0 Å². The van der Waals surface area contributed by atoms with Crippen LogP contribution >= 0.6 is 0 Å². The van der Waals surface area contributed by atoms with Crippen LogP contribution in [0.25, 0.3) is 6.08 Å². The van der Waals surface area contributed by atoms with Crippen LogP contribution in [-0.4, -0.2) is 19.1 Å². The van der Waals surface area contributed by atoms with Gasteiger partial charge in [-0.25, -0.2) is 0 Å². The molecule has 5 nitrogen and oxygen atoms in total. The molecule has 0 aliphatic carbocycles. The van der Waals surface area contributed by atoms with Crippen molar-refractivity contribution < 1.29 is 14.3 Å². The van der Waals surface area contributed by atoms with Crippen LogP contribution in [0.3, 0.4) is 0 Å². The summed E-state index contributed by atoms with van der Waals surface area (Å²) < 4.78 is 11.4. The molecular weight excluding hydrogens is 340 g/mol. The Labute approximate surface area is 160 Å². The Balaban J connectivity index is 1.93. The first-order chi connectivity index (χ1) is 13.0. The van der Waals surface area contributed by atoms with Crippen molar-refractivity contribution in [3.05, 3.63) is 65.2 Å². The van der Waals surface area contributed by atoms with Gasteiger partial charge in [-0.1, -0.05) is 44.2 Å². The fraction of sp³-hybridized carbons (Fsp3) is 0.273. The van der Waals surface area contributed by atoms with Crippen molar-refractivity contribution in [1.29, 1.82) is 5.26 Å². The van der Waals surface area contributed by atoms with Gasteiger partial charge in [0, 0.05) is 5.56 Å². The van der Waals surface area contributed by atoms with E-state index in [1.807, 2.05) is 18.2 Å². The average Bonchev–Trinajstić information content (AvgIpc) is 2.69. The minimum Gasteiger partial charge on any atom is -0.490 e. The van der Waals surface area contributed by atoms with Gasteiger partial charge < -0.3 is 15.2 Å². The van der Waals surface area contributed by atoms with Gasteiger partial charge in [-0.2, -0.15) is 5.26 Å². The fourth-order valence-corrected chi connectivity index (χ4v) is 2.48. The zero-order valence-corrected chi connectivity index (χ0v) is 15.6. The lowest BCUT2D eigenvalue weighted by atomic mass is 9.99. The summed E-state index contributed by atoms with van der Waals surface area (Å²) in [6.07, 6.45) is 2.53. The van der Waals surface area contributed by atoms with Gasteiger partial charge >= 0.3 is 0 Å². The topological polar surface area (TPSA) is 85.3 Å². The summed E-state index contributed by atoms with van der Waals surface area (Å²) in [4.78, 5) is 11.2. The molecule has 1 atom stereocenters. The van der Waals surface area contributed by atoms with E-state index >= 15 is 0 Å². The Bertz CT molecular complexity index is 835. The molecular formula is C22H24N2O3. The van der Waals surface area contributed by atoms with Crippen molar-refractivity contribution in [2.45, 2.75) is 26.2 Å². The molecule has 2 N–H and O–H groups in total. The Hall–Kier alpha value is -3.26. The average molecular weight is 364 g/mol. The SMILES string of the molecule is CC[C@H](C)c1ccc(OCCOc2ccccc2/C=C(/C#N)C(N)=O)cc1. The number of hydrogen-bond acceptors (Lipinski definition) is 4. The highest BCUT2D eigenvalue weighted by molar-refractivity contribution is 6.00. The quantitative estimate of drug-likeness (QED) is 0.413. The first-order valence-corrected chi connectivity index (χ1v) is 8.91. The van der Waals surface area contributed by atoms with Gasteiger partial charge in [-0.3, -0.25) is 4.79 Å². The third-order valence-corrected chi connectivity index (χ3v) is 4.28. The van der Waals surface area contributed by atoms with E-state index in [4.69, 9.17) is 20.5 Å². The van der Waals surface area contributed by atoms with Gasteiger partial charge in [-0.15, -0.1) is 0 Å². The molecule has 0 aliphatic heterocycles. The van der Waals surface area contributed by atoms with E-state index in [2.05, 4.69) is 26.0 Å². The summed E-state index contributed by atoms with van der Waals surface area (Å²) in [5, 5.41) is 8.98. The highest BCUT2D eigenvalue weighted by Crippen LogP contribution is 2.22. The Morgan fingerprint density at radius 2 is 1.81 bits per heavy atom. The van der Waals surface area contributed by atoms with Crippen LogP contribution in [0.1, 0.15) is 37.3 Å². The van der Waals surface area contributed by atoms with Gasteiger partial charge in [0.2, 0.25) is 0 Å². The molecule has 2 aromatic rings. The number of nitrogens with zero attached hydrogens (tertiary/aromatic N) is 1. The van der Waals surface area contributed by atoms with Crippen molar-refractivity contribution in [2.24, 2.45) is 5.73 Å². The normalized spacial score (nSPS) is 12.1. The predicted molar refractivity (Wildman–Crippen MR) is 105 cm³/mol. The number of para-hydroxylation sites is 1. The summed E-state index contributed by atoms with van der Waals surface area (Å²) in [6.45, 7) is 5.08. The minimum atomic E-state index is -0.767. The molecule has 27 heavy (non-hydrogen) atoms. The molecule has 2 rings (SSSR count). The molecule has 0 unspecified atom stereocenters. The summed E-state index contributed by atoms with van der Waals surface area (Å²) in [7, 11) is 0. The molecule has 0 heterocycles. The first kappa shape index (κ1) is 20.1. The van der Waals surface area contributed by atoms with E-state index < -0.39 is 5.91 Å². The van der Waals surface area contributed by atoms with Gasteiger partial charge in [0.05, 0.1) is 0 Å². The zero-order valence-electron chi connectivity index (χ0n) is 15.6. The molecule has 0 aromatic heterocycles. The van der Waals surface area contributed by atoms with E-state index in [9.17, 15) is 4.79 Å². The molecule has 0 saturated carbocycles. The van der Waals surface area contributed by atoms with Crippen molar-refractivity contribution in [3.8, 4) is 17.6 Å². The number of nitriles is 1. The lowest BCUT2D eigenvalue weighted by Crippen LogP contribution is -2.13. The Kier molecular flexibility index (Phi) is 7.45. The molecule has 5 heteroatoms. The van der Waals surface area contributed by atoms with E-state index in [1.54, 1.807) is 24.3 Å². The van der Waals surface area contributed by atoms with Crippen molar-refractivity contribution in [2.75, 3.05) is 13.2 Å². The highest BCUT2D eigenvalue weighted by Gasteiger charge is 2.07. The van der Waals surface area contributed by atoms with Crippen LogP contribution in [-0.2, 0) is 4.79 Å². The van der Waals surface area contributed by atoms with Crippen LogP contribution in [0, 0.1) is 11.3 Å². The number of benzene rings is 2. The van der Waals surface area contributed by atoms with Crippen LogP contribution in [0.5, 0.6) is 11.5 Å². The lowest BCUT2D eigenvalue weighted by molar-refractivity contribution is -0.114. The summed E-state index contributed by atoms with van der Waals surface area (Å²) in [5.41, 5.74) is 6.97. The van der Waals surface area contributed by atoms with E-state index in [0.717, 1.165) is 12.2 Å². The standard InChI is InChI=1S/C22H24N2O3/c1-3-16(2)17-8-10-20(11-9-17)26-12-13-27-21-7-5-4-6-18(21)14-19(15-23)22(24)25/h4-11,14,16H,3,12-13H2,1-2H3,(H2,24,25)/b19-14-/t16-/m0/s1. The molecule has 0 saturated heterocycles. The van der Waals surface area contributed by atoms with Crippen LogP contribution < -0.4 is 15.2 Å². The molecule has 0 aliphatic rings. The fourth-order valence-electron chi connectivity index (χ4n) is 2.48. The first-order valence-electron chi connectivity index (χ1n) is 8.91. The Morgan fingerprint density at radius 1 is 1.15 bits per heavy atom. The molecule has 0 fully saturated rings. The number of amides is 1. The summed E-state index contributed by atoms with van der Waals surface area (Å²) >= 11 is 0. The van der Waals surface area contributed by atoms with Gasteiger partial charge in [0.1, 0.15) is 36.4 Å². The third-order valence-electron chi connectivity index (χ3n) is 4.28. The van der Waals surface area contributed by atoms with Crippen molar-refractivity contribution in [3.63, 3.8) is 0 Å². The number of carbonyl (C=O) groups is 1. The number of ether oxygens (including phenoxy) is 2. The van der Waals surface area contributed by atoms with Gasteiger partial charge in [0.25, 0.3) is 5.91 Å². The van der Waals surface area contributed by atoms with Crippen molar-refractivity contribution in [1.82, 2.24) is 0 Å². The van der Waals surface area contributed by atoms with Crippen molar-refractivity contribution >= 4 is 12.0 Å². The number of primary amides is 1. The van der Waals surface area contributed by atoms with Crippen LogP contribution in [0.2, 0.25) is 0 Å². The van der Waals surface area contributed by atoms with Crippen LogP contribution in [0.15, 0.2) is 54.1 Å². The zero-order chi connectivity index (χ0) is 19.6. The molecule has 0 bridgehead atoms. The highest BCUT2D eigenvalue weighted by atomic mass is 16.5. The maximum Gasteiger partial charge on any atom is 0.259 e. The maximum atomic E-state index is 11.2. The molecule has 140 valence electrons. The smallest absolute Gasteiger partial charge is 0.259 e. The van der Waals surface area contributed by atoms with Gasteiger partial charge in [-0.05, 0) is 42.2 Å². The monoisotopic (exact) mass is 364 g/mol. The third kappa shape index (κ3) is 5.89. The molecule has 0 spiro atoms. The largest absolute Gasteiger partial charge is 0.490 e. The predicted octanol–water partition coefficient (Wildman–Crippen LogP) is 4.05. The second kappa shape index (κ2) is 10.0. The summed E-state index contributed by atoms with van der Waals surface area (Å²) in [5.74, 6) is 1.11. The molecule has 2 aromatic carbocycles. The maximum absolute atomic E-state index is 11.2. The number of carbonyl (C=O) groups excluding carboxylic acids is 1. The molecule has 0 radical (unpaired) electrons. The number of hydrogen-bond donors (Lipinski definition) is 1. The second-order valence-electron chi connectivity index (χ2n) is 6.15. The van der Waals surface area contributed by atoms with Crippen LogP contribution in [0.4, 0.5) is 0 Å². The number of nitrogens with two attached hydrogens (primary N) is 1. The second-order valence-corrected chi connectivity index (χ2v) is 6.15.